The first-order valence-corrected chi connectivity index (χ1v) is 3.48. The summed E-state index contributed by atoms with van der Waals surface area (Å²) in [6.07, 6.45) is 9.26. The number of rotatable bonds is 2. The summed E-state index contributed by atoms with van der Waals surface area (Å²) in [5.41, 5.74) is 1.71. The van der Waals surface area contributed by atoms with Crippen molar-refractivity contribution < 1.29 is 0 Å². The Bertz CT molecular complexity index is 256. The number of nitrogens with zero attached hydrogens (tertiary/aromatic N) is 1. The van der Waals surface area contributed by atoms with Crippen molar-refractivity contribution in [3.63, 3.8) is 0 Å². The lowest BCUT2D eigenvalue weighted by Gasteiger charge is -1.90. The van der Waals surface area contributed by atoms with E-state index in [1.807, 2.05) is 13.8 Å². The van der Waals surface area contributed by atoms with Crippen LogP contribution < -0.4 is 0 Å². The van der Waals surface area contributed by atoms with E-state index in [2.05, 4.69) is 12.0 Å². The number of hydrogen-bond donors (Lipinski definition) is 0. The maximum absolute atomic E-state index is 8.55. The van der Waals surface area contributed by atoms with Gasteiger partial charge in [-0.2, -0.15) is 5.26 Å². The Morgan fingerprint density at radius 3 is 2.64 bits per heavy atom. The second-order valence-electron chi connectivity index (χ2n) is 2.19. The molecule has 0 N–H and O–H groups in total. The zero-order valence-corrected chi connectivity index (χ0v) is 6.89. The van der Waals surface area contributed by atoms with Crippen LogP contribution in [0.25, 0.3) is 0 Å². The summed E-state index contributed by atoms with van der Waals surface area (Å²) in [5.74, 6) is 2.40. The van der Waals surface area contributed by atoms with Crippen molar-refractivity contribution in [2.75, 3.05) is 0 Å². The molecule has 0 aromatic rings. The minimum atomic E-state index is 0.756. The van der Waals surface area contributed by atoms with Crippen LogP contribution in [0, 0.1) is 23.7 Å². The zero-order valence-electron chi connectivity index (χ0n) is 6.89. The molecule has 0 amide bonds. The summed E-state index contributed by atoms with van der Waals surface area (Å²) in [6, 6.07) is 2.09. The molecular weight excluding hydrogens is 134 g/mol. The lowest BCUT2D eigenvalue weighted by Crippen LogP contribution is -1.76. The van der Waals surface area contributed by atoms with Crippen molar-refractivity contribution in [2.45, 2.75) is 20.3 Å². The van der Waals surface area contributed by atoms with E-state index in [9.17, 15) is 0 Å². The summed E-state index contributed by atoms with van der Waals surface area (Å²) in [5, 5.41) is 8.55. The van der Waals surface area contributed by atoms with Crippen LogP contribution in [0.2, 0.25) is 0 Å². The zero-order chi connectivity index (χ0) is 8.69. The van der Waals surface area contributed by atoms with Crippen LogP contribution >= 0.6 is 0 Å². The maximum Gasteiger partial charge on any atom is 0.0947 e. The van der Waals surface area contributed by atoms with Crippen LogP contribution in [0.15, 0.2) is 23.3 Å². The summed E-state index contributed by atoms with van der Waals surface area (Å²) < 4.78 is 0. The smallest absolute Gasteiger partial charge is 0.0947 e. The van der Waals surface area contributed by atoms with Gasteiger partial charge in [-0.25, -0.2) is 0 Å². The molecule has 1 nitrogen and oxygen atoms in total. The van der Waals surface area contributed by atoms with Gasteiger partial charge in [0.05, 0.1) is 6.07 Å². The predicted octanol–water partition coefficient (Wildman–Crippen LogP) is 2.43. The largest absolute Gasteiger partial charge is 0.193 e. The van der Waals surface area contributed by atoms with Crippen molar-refractivity contribution >= 4 is 0 Å². The molecule has 0 aromatic heterocycles. The fraction of sp³-hybridized carbons (Fsp3) is 0.300. The van der Waals surface area contributed by atoms with E-state index in [-0.39, 0.29) is 0 Å². The molecule has 0 aromatic carbocycles. The SMILES string of the molecule is C#C/C=C(C)\C=C(\C#N)CC. The van der Waals surface area contributed by atoms with E-state index in [0.717, 1.165) is 17.6 Å². The molecule has 0 radical (unpaired) electrons. The summed E-state index contributed by atoms with van der Waals surface area (Å²) >= 11 is 0. The summed E-state index contributed by atoms with van der Waals surface area (Å²) in [6.45, 7) is 3.82. The van der Waals surface area contributed by atoms with Crippen molar-refractivity contribution in [3.8, 4) is 18.4 Å². The number of hydrogen-bond acceptors (Lipinski definition) is 1. The summed E-state index contributed by atoms with van der Waals surface area (Å²) in [4.78, 5) is 0. The fourth-order valence-electron chi connectivity index (χ4n) is 0.661. The minimum absolute atomic E-state index is 0.756. The van der Waals surface area contributed by atoms with Crippen LogP contribution in [0.3, 0.4) is 0 Å². The van der Waals surface area contributed by atoms with Gasteiger partial charge in [0.1, 0.15) is 0 Å². The Balaban J connectivity index is 4.45. The van der Waals surface area contributed by atoms with Crippen LogP contribution in [-0.4, -0.2) is 0 Å². The van der Waals surface area contributed by atoms with Crippen molar-refractivity contribution in [2.24, 2.45) is 0 Å². The van der Waals surface area contributed by atoms with Gasteiger partial charge in [0.15, 0.2) is 0 Å². The van der Waals surface area contributed by atoms with Gasteiger partial charge >= 0.3 is 0 Å². The van der Waals surface area contributed by atoms with Crippen LogP contribution in [0.1, 0.15) is 20.3 Å². The first-order chi connectivity index (χ1) is 5.24. The molecule has 0 heterocycles. The highest BCUT2D eigenvalue weighted by molar-refractivity contribution is 5.33. The Kier molecular flexibility index (Phi) is 4.61. The van der Waals surface area contributed by atoms with Gasteiger partial charge in [-0.15, -0.1) is 6.42 Å². The summed E-state index contributed by atoms with van der Waals surface area (Å²) in [7, 11) is 0. The second-order valence-corrected chi connectivity index (χ2v) is 2.19. The molecule has 11 heavy (non-hydrogen) atoms. The van der Waals surface area contributed by atoms with E-state index < -0.39 is 0 Å². The molecule has 0 saturated heterocycles. The molecule has 0 spiro atoms. The van der Waals surface area contributed by atoms with Gasteiger partial charge in [0.25, 0.3) is 0 Å². The van der Waals surface area contributed by atoms with E-state index in [0.29, 0.717) is 0 Å². The Morgan fingerprint density at radius 1 is 1.64 bits per heavy atom. The lowest BCUT2D eigenvalue weighted by atomic mass is 10.1. The van der Waals surface area contributed by atoms with E-state index in [4.69, 9.17) is 11.7 Å². The first-order valence-electron chi connectivity index (χ1n) is 3.48. The standard InChI is InChI=1S/C10H11N/c1-4-6-9(3)7-10(5-2)8-11/h1,6-7H,5H2,2-3H3/b9-6-,10-7+. The van der Waals surface area contributed by atoms with Gasteiger partial charge in [0, 0.05) is 5.57 Å². The molecule has 0 aliphatic carbocycles. The van der Waals surface area contributed by atoms with Gasteiger partial charge < -0.3 is 0 Å². The van der Waals surface area contributed by atoms with Gasteiger partial charge in [-0.1, -0.05) is 12.8 Å². The topological polar surface area (TPSA) is 23.8 Å². The van der Waals surface area contributed by atoms with E-state index in [1.54, 1.807) is 12.2 Å². The maximum atomic E-state index is 8.55. The predicted molar refractivity (Wildman–Crippen MR) is 46.6 cm³/mol. The molecule has 0 bridgehead atoms. The van der Waals surface area contributed by atoms with Crippen molar-refractivity contribution in [3.05, 3.63) is 23.3 Å². The quantitative estimate of drug-likeness (QED) is 0.332. The molecule has 56 valence electrons. The first kappa shape index (κ1) is 9.53. The molecule has 0 unspecified atom stereocenters. The van der Waals surface area contributed by atoms with Crippen molar-refractivity contribution in [1.29, 1.82) is 5.26 Å². The molecule has 0 saturated carbocycles. The van der Waals surface area contributed by atoms with Gasteiger partial charge in [-0.3, -0.25) is 0 Å². The van der Waals surface area contributed by atoms with E-state index in [1.165, 1.54) is 0 Å². The number of allylic oxidation sites excluding steroid dienone is 4. The minimum Gasteiger partial charge on any atom is -0.193 e. The number of nitriles is 1. The lowest BCUT2D eigenvalue weighted by molar-refractivity contribution is 1.14. The highest BCUT2D eigenvalue weighted by Crippen LogP contribution is 2.03. The highest BCUT2D eigenvalue weighted by Gasteiger charge is 1.89. The average molecular weight is 145 g/mol. The van der Waals surface area contributed by atoms with Crippen LogP contribution in [0.5, 0.6) is 0 Å². The molecular formula is C10H11N. The third kappa shape index (κ3) is 4.00. The molecule has 0 atom stereocenters. The van der Waals surface area contributed by atoms with Gasteiger partial charge in [-0.05, 0) is 31.1 Å². The molecule has 0 aliphatic rings. The molecule has 1 heteroatoms. The third-order valence-electron chi connectivity index (χ3n) is 1.24. The van der Waals surface area contributed by atoms with Crippen molar-refractivity contribution in [1.82, 2.24) is 0 Å². The highest BCUT2D eigenvalue weighted by atomic mass is 14.2. The Hall–Kier alpha value is -1.47. The average Bonchev–Trinajstić information content (AvgIpc) is 2.01. The monoisotopic (exact) mass is 145 g/mol. The van der Waals surface area contributed by atoms with Gasteiger partial charge in [0.2, 0.25) is 0 Å². The van der Waals surface area contributed by atoms with E-state index >= 15 is 0 Å². The van der Waals surface area contributed by atoms with Crippen LogP contribution in [0.4, 0.5) is 0 Å². The normalized spacial score (nSPS) is 12.0. The molecule has 0 aliphatic heterocycles. The van der Waals surface area contributed by atoms with Crippen LogP contribution in [-0.2, 0) is 0 Å². The third-order valence-corrected chi connectivity index (χ3v) is 1.24. The molecule has 0 rings (SSSR count). The Labute approximate surface area is 68.0 Å². The second kappa shape index (κ2) is 5.33. The fourth-order valence-corrected chi connectivity index (χ4v) is 0.661. The molecule has 0 fully saturated rings. The number of terminal acetylenes is 1. The Morgan fingerprint density at radius 2 is 2.27 bits per heavy atom.